The van der Waals surface area contributed by atoms with Gasteiger partial charge in [0.25, 0.3) is 0 Å². The van der Waals surface area contributed by atoms with Crippen LogP contribution in [0.5, 0.6) is 0 Å². The molecular formula is C10H10O2. The third kappa shape index (κ3) is 0.576. The number of carbonyl (C=O) groups is 2. The van der Waals surface area contributed by atoms with Gasteiger partial charge in [-0.15, -0.1) is 0 Å². The summed E-state index contributed by atoms with van der Waals surface area (Å²) in [4.78, 5) is 22.6. The first kappa shape index (κ1) is 6.58. The van der Waals surface area contributed by atoms with Crippen LogP contribution in [0.1, 0.15) is 12.8 Å². The molecule has 0 aromatic heterocycles. The maximum atomic E-state index is 11.4. The van der Waals surface area contributed by atoms with Crippen molar-refractivity contribution in [2.75, 3.05) is 0 Å². The van der Waals surface area contributed by atoms with Gasteiger partial charge >= 0.3 is 0 Å². The first-order chi connectivity index (χ1) is 5.77. The first-order valence-electron chi connectivity index (χ1n) is 4.52. The van der Waals surface area contributed by atoms with E-state index in [9.17, 15) is 9.59 Å². The highest BCUT2D eigenvalue weighted by atomic mass is 16.1. The fourth-order valence-corrected chi connectivity index (χ4v) is 3.03. The zero-order valence-corrected chi connectivity index (χ0v) is 6.69. The molecule has 0 heterocycles. The monoisotopic (exact) mass is 162 g/mol. The van der Waals surface area contributed by atoms with E-state index in [1.807, 2.05) is 6.08 Å². The van der Waals surface area contributed by atoms with Gasteiger partial charge in [-0.2, -0.15) is 0 Å². The van der Waals surface area contributed by atoms with Crippen LogP contribution >= 0.6 is 0 Å². The Bertz CT molecular complexity index is 303. The van der Waals surface area contributed by atoms with Gasteiger partial charge in [0.1, 0.15) is 5.78 Å². The van der Waals surface area contributed by atoms with Crippen molar-refractivity contribution in [3.63, 3.8) is 0 Å². The van der Waals surface area contributed by atoms with Gasteiger partial charge in [0.05, 0.1) is 0 Å². The summed E-state index contributed by atoms with van der Waals surface area (Å²) < 4.78 is 0. The number of carbonyl (C=O) groups excluding carboxylic acids is 2. The van der Waals surface area contributed by atoms with Crippen molar-refractivity contribution in [1.29, 1.82) is 0 Å². The standard InChI is InChI=1S/C10H10O2/c11-7-2-1-5-3-6-4-8(12)10(6)9(5)7/h1-2,5-6,9-10H,3-4H2. The minimum Gasteiger partial charge on any atom is -0.299 e. The van der Waals surface area contributed by atoms with Crippen molar-refractivity contribution in [2.45, 2.75) is 12.8 Å². The molecule has 0 radical (unpaired) electrons. The van der Waals surface area contributed by atoms with Crippen LogP contribution in [0.15, 0.2) is 12.2 Å². The highest BCUT2D eigenvalue weighted by Gasteiger charge is 2.56. The molecule has 0 amide bonds. The number of ketones is 2. The van der Waals surface area contributed by atoms with Gasteiger partial charge in [0, 0.05) is 18.3 Å². The van der Waals surface area contributed by atoms with Gasteiger partial charge in [-0.05, 0) is 24.3 Å². The largest absolute Gasteiger partial charge is 0.299 e. The van der Waals surface area contributed by atoms with E-state index in [0.29, 0.717) is 17.6 Å². The summed E-state index contributed by atoms with van der Waals surface area (Å²) in [6.07, 6.45) is 5.47. The lowest BCUT2D eigenvalue weighted by atomic mass is 9.70. The summed E-state index contributed by atoms with van der Waals surface area (Å²) in [6, 6.07) is 0. The number of rotatable bonds is 0. The second-order valence-corrected chi connectivity index (χ2v) is 4.14. The van der Waals surface area contributed by atoms with Crippen molar-refractivity contribution >= 4 is 11.6 Å². The second kappa shape index (κ2) is 1.87. The SMILES string of the molecule is O=C1C=CC2CC3CC(=O)C3C12. The molecule has 4 unspecified atom stereocenters. The smallest absolute Gasteiger partial charge is 0.159 e. The summed E-state index contributed by atoms with van der Waals surface area (Å²) in [5.74, 6) is 1.62. The van der Waals surface area contributed by atoms with Crippen molar-refractivity contribution in [2.24, 2.45) is 23.7 Å². The molecule has 3 rings (SSSR count). The Balaban J connectivity index is 1.98. The molecule has 0 saturated heterocycles. The molecule has 3 aliphatic rings. The minimum atomic E-state index is 0.0521. The topological polar surface area (TPSA) is 34.1 Å². The average molecular weight is 162 g/mol. The number of hydrogen-bond acceptors (Lipinski definition) is 2. The van der Waals surface area contributed by atoms with Crippen LogP contribution in [0, 0.1) is 23.7 Å². The highest BCUT2D eigenvalue weighted by Crippen LogP contribution is 2.53. The molecule has 2 fully saturated rings. The van der Waals surface area contributed by atoms with Gasteiger partial charge in [0.2, 0.25) is 0 Å². The lowest BCUT2D eigenvalue weighted by molar-refractivity contribution is -0.138. The second-order valence-electron chi connectivity index (χ2n) is 4.14. The average Bonchev–Trinajstić information content (AvgIpc) is 2.48. The van der Waals surface area contributed by atoms with Crippen LogP contribution in [-0.2, 0) is 9.59 Å². The van der Waals surface area contributed by atoms with Crippen molar-refractivity contribution < 1.29 is 9.59 Å². The summed E-state index contributed by atoms with van der Waals surface area (Å²) >= 11 is 0. The molecule has 2 heteroatoms. The Labute approximate surface area is 70.6 Å². The van der Waals surface area contributed by atoms with E-state index in [0.717, 1.165) is 12.8 Å². The number of Topliss-reactive ketones (excluding diaryl/α,β-unsaturated/α-hetero) is 1. The van der Waals surface area contributed by atoms with E-state index in [2.05, 4.69) is 0 Å². The predicted molar refractivity (Wildman–Crippen MR) is 42.3 cm³/mol. The molecule has 2 nitrogen and oxygen atoms in total. The molecule has 62 valence electrons. The van der Waals surface area contributed by atoms with Gasteiger partial charge < -0.3 is 0 Å². The highest BCUT2D eigenvalue weighted by molar-refractivity contribution is 6.01. The van der Waals surface area contributed by atoms with Crippen LogP contribution in [0.4, 0.5) is 0 Å². The van der Waals surface area contributed by atoms with Crippen molar-refractivity contribution in [3.8, 4) is 0 Å². The number of allylic oxidation sites excluding steroid dienone is 2. The number of fused-ring (bicyclic) bond motifs is 3. The molecule has 4 atom stereocenters. The quantitative estimate of drug-likeness (QED) is 0.531. The van der Waals surface area contributed by atoms with Crippen LogP contribution in [0.2, 0.25) is 0 Å². The third-order valence-corrected chi connectivity index (χ3v) is 3.60. The molecular weight excluding hydrogens is 152 g/mol. The van der Waals surface area contributed by atoms with Crippen LogP contribution in [0.25, 0.3) is 0 Å². The summed E-state index contributed by atoms with van der Waals surface area (Å²) in [5.41, 5.74) is 0. The summed E-state index contributed by atoms with van der Waals surface area (Å²) in [6.45, 7) is 0. The van der Waals surface area contributed by atoms with Crippen LogP contribution in [-0.4, -0.2) is 11.6 Å². The fourth-order valence-electron chi connectivity index (χ4n) is 3.03. The lowest BCUT2D eigenvalue weighted by Gasteiger charge is -2.30. The Kier molecular flexibility index (Phi) is 1.03. The van der Waals surface area contributed by atoms with E-state index in [1.165, 1.54) is 0 Å². The Morgan fingerprint density at radius 3 is 2.83 bits per heavy atom. The van der Waals surface area contributed by atoms with Crippen LogP contribution < -0.4 is 0 Å². The Hall–Kier alpha value is -0.920. The van der Waals surface area contributed by atoms with Gasteiger partial charge in [0.15, 0.2) is 5.78 Å². The van der Waals surface area contributed by atoms with Crippen molar-refractivity contribution in [3.05, 3.63) is 12.2 Å². The normalized spacial score (nSPS) is 49.0. The maximum Gasteiger partial charge on any atom is 0.159 e. The zero-order chi connectivity index (χ0) is 8.29. The first-order valence-corrected chi connectivity index (χ1v) is 4.52. The zero-order valence-electron chi connectivity index (χ0n) is 6.69. The third-order valence-electron chi connectivity index (χ3n) is 3.60. The fraction of sp³-hybridized carbons (Fsp3) is 0.600. The van der Waals surface area contributed by atoms with E-state index in [4.69, 9.17) is 0 Å². The van der Waals surface area contributed by atoms with Gasteiger partial charge in [-0.1, -0.05) is 6.08 Å². The van der Waals surface area contributed by atoms with E-state index in [1.54, 1.807) is 6.08 Å². The molecule has 0 aliphatic heterocycles. The minimum absolute atomic E-state index is 0.0521. The molecule has 2 saturated carbocycles. The molecule has 12 heavy (non-hydrogen) atoms. The molecule has 0 spiro atoms. The van der Waals surface area contributed by atoms with E-state index in [-0.39, 0.29) is 17.6 Å². The molecule has 3 aliphatic carbocycles. The molecule has 0 aromatic rings. The molecule has 0 N–H and O–H groups in total. The lowest BCUT2D eigenvalue weighted by Crippen LogP contribution is -2.38. The maximum absolute atomic E-state index is 11.4. The van der Waals surface area contributed by atoms with Crippen LogP contribution in [0.3, 0.4) is 0 Å². The Morgan fingerprint density at radius 1 is 1.25 bits per heavy atom. The van der Waals surface area contributed by atoms with Gasteiger partial charge in [-0.25, -0.2) is 0 Å². The van der Waals surface area contributed by atoms with Crippen molar-refractivity contribution in [1.82, 2.24) is 0 Å². The summed E-state index contributed by atoms with van der Waals surface area (Å²) in [7, 11) is 0. The van der Waals surface area contributed by atoms with E-state index >= 15 is 0 Å². The predicted octanol–water partition coefficient (Wildman–Crippen LogP) is 0.967. The Morgan fingerprint density at radius 2 is 2.08 bits per heavy atom. The molecule has 0 aromatic carbocycles. The van der Waals surface area contributed by atoms with Gasteiger partial charge in [-0.3, -0.25) is 9.59 Å². The number of hydrogen-bond donors (Lipinski definition) is 0. The summed E-state index contributed by atoms with van der Waals surface area (Å²) in [5, 5.41) is 0. The molecule has 0 bridgehead atoms. The van der Waals surface area contributed by atoms with E-state index < -0.39 is 0 Å².